The molecule has 0 unspecified atom stereocenters. The van der Waals surface area contributed by atoms with E-state index in [9.17, 15) is 0 Å². The standard InChI is InChI=1S/C13H15BrN2/c1-13(2,15)8-10-7-9-5-3-4-6-11(9)16-12(10)14/h3-7H,8,15H2,1-2H3. The van der Waals surface area contributed by atoms with E-state index in [1.54, 1.807) is 0 Å². The Hall–Kier alpha value is -0.930. The number of benzene rings is 1. The van der Waals surface area contributed by atoms with E-state index in [0.29, 0.717) is 0 Å². The van der Waals surface area contributed by atoms with Crippen LogP contribution in [0.5, 0.6) is 0 Å². The van der Waals surface area contributed by atoms with Crippen molar-refractivity contribution in [2.45, 2.75) is 25.8 Å². The zero-order valence-corrected chi connectivity index (χ0v) is 11.1. The minimum atomic E-state index is -0.216. The van der Waals surface area contributed by atoms with E-state index >= 15 is 0 Å². The van der Waals surface area contributed by atoms with Gasteiger partial charge in [0, 0.05) is 10.9 Å². The Balaban J connectivity index is 2.50. The molecule has 0 radical (unpaired) electrons. The third-order valence-electron chi connectivity index (χ3n) is 2.40. The molecule has 0 aliphatic rings. The summed E-state index contributed by atoms with van der Waals surface area (Å²) in [5.41, 5.74) is 7.98. The lowest BCUT2D eigenvalue weighted by atomic mass is 9.96. The summed E-state index contributed by atoms with van der Waals surface area (Å²) >= 11 is 3.50. The molecular formula is C13H15BrN2. The topological polar surface area (TPSA) is 38.9 Å². The van der Waals surface area contributed by atoms with Crippen LogP contribution in [0.4, 0.5) is 0 Å². The van der Waals surface area contributed by atoms with Gasteiger partial charge in [-0.2, -0.15) is 0 Å². The summed E-state index contributed by atoms with van der Waals surface area (Å²) in [5, 5.41) is 1.16. The van der Waals surface area contributed by atoms with E-state index in [0.717, 1.165) is 27.5 Å². The van der Waals surface area contributed by atoms with Gasteiger partial charge in [-0.25, -0.2) is 4.98 Å². The molecule has 0 spiro atoms. The molecule has 0 aliphatic carbocycles. The summed E-state index contributed by atoms with van der Waals surface area (Å²) in [7, 11) is 0. The third-order valence-corrected chi connectivity index (χ3v) is 3.08. The first-order valence-corrected chi connectivity index (χ1v) is 6.08. The Morgan fingerprint density at radius 2 is 2.00 bits per heavy atom. The lowest BCUT2D eigenvalue weighted by Crippen LogP contribution is -2.34. The number of hydrogen-bond acceptors (Lipinski definition) is 2. The molecule has 0 fully saturated rings. The summed E-state index contributed by atoms with van der Waals surface area (Å²) in [4.78, 5) is 4.52. The van der Waals surface area contributed by atoms with Crippen molar-refractivity contribution in [2.24, 2.45) is 5.73 Å². The minimum Gasteiger partial charge on any atom is -0.325 e. The second-order valence-electron chi connectivity index (χ2n) is 4.80. The maximum Gasteiger partial charge on any atom is 0.110 e. The highest BCUT2D eigenvalue weighted by Crippen LogP contribution is 2.23. The molecule has 1 heterocycles. The highest BCUT2D eigenvalue weighted by molar-refractivity contribution is 9.10. The first kappa shape index (κ1) is 11.6. The molecule has 1 aromatic carbocycles. The Morgan fingerprint density at radius 3 is 2.69 bits per heavy atom. The van der Waals surface area contributed by atoms with E-state index in [2.05, 4.69) is 33.0 Å². The van der Waals surface area contributed by atoms with Gasteiger partial charge in [0.1, 0.15) is 4.60 Å². The van der Waals surface area contributed by atoms with Gasteiger partial charge in [-0.05, 0) is 53.9 Å². The van der Waals surface area contributed by atoms with Crippen molar-refractivity contribution in [3.8, 4) is 0 Å². The van der Waals surface area contributed by atoms with E-state index in [1.807, 2.05) is 32.0 Å². The molecule has 3 heteroatoms. The molecule has 0 atom stereocenters. The number of nitrogens with two attached hydrogens (primary N) is 1. The molecule has 0 aliphatic heterocycles. The van der Waals surface area contributed by atoms with Gasteiger partial charge in [0.2, 0.25) is 0 Å². The van der Waals surface area contributed by atoms with Crippen molar-refractivity contribution in [1.29, 1.82) is 0 Å². The van der Waals surface area contributed by atoms with Crippen LogP contribution in [0.15, 0.2) is 34.9 Å². The fraction of sp³-hybridized carbons (Fsp3) is 0.308. The quantitative estimate of drug-likeness (QED) is 0.857. The number of nitrogens with zero attached hydrogens (tertiary/aromatic N) is 1. The maximum atomic E-state index is 6.03. The monoisotopic (exact) mass is 278 g/mol. The Kier molecular flexibility index (Phi) is 3.00. The Labute approximate surface area is 104 Å². The Morgan fingerprint density at radius 1 is 1.31 bits per heavy atom. The van der Waals surface area contributed by atoms with E-state index < -0.39 is 0 Å². The van der Waals surface area contributed by atoms with Crippen molar-refractivity contribution in [2.75, 3.05) is 0 Å². The molecule has 0 saturated carbocycles. The fourth-order valence-corrected chi connectivity index (χ4v) is 2.20. The van der Waals surface area contributed by atoms with Gasteiger partial charge in [0.05, 0.1) is 5.52 Å². The fourth-order valence-electron chi connectivity index (χ4n) is 1.75. The van der Waals surface area contributed by atoms with Crippen LogP contribution in [0, 0.1) is 0 Å². The molecule has 1 aromatic heterocycles. The molecule has 16 heavy (non-hydrogen) atoms. The molecule has 2 N–H and O–H groups in total. The van der Waals surface area contributed by atoms with Gasteiger partial charge in [0.15, 0.2) is 0 Å². The lowest BCUT2D eigenvalue weighted by Gasteiger charge is -2.19. The van der Waals surface area contributed by atoms with Crippen LogP contribution in [0.3, 0.4) is 0 Å². The summed E-state index contributed by atoms with van der Waals surface area (Å²) in [5.74, 6) is 0. The summed E-state index contributed by atoms with van der Waals surface area (Å²) in [6.45, 7) is 4.04. The average molecular weight is 279 g/mol. The van der Waals surface area contributed by atoms with Crippen LogP contribution in [0.2, 0.25) is 0 Å². The van der Waals surface area contributed by atoms with Crippen molar-refractivity contribution in [3.63, 3.8) is 0 Å². The molecule has 0 saturated heterocycles. The lowest BCUT2D eigenvalue weighted by molar-refractivity contribution is 0.515. The highest BCUT2D eigenvalue weighted by atomic mass is 79.9. The number of fused-ring (bicyclic) bond motifs is 1. The second-order valence-corrected chi connectivity index (χ2v) is 5.55. The number of hydrogen-bond donors (Lipinski definition) is 1. The van der Waals surface area contributed by atoms with E-state index in [4.69, 9.17) is 5.73 Å². The predicted molar refractivity (Wildman–Crippen MR) is 71.4 cm³/mol. The van der Waals surface area contributed by atoms with E-state index in [1.165, 1.54) is 0 Å². The summed E-state index contributed by atoms with van der Waals surface area (Å²) in [6.07, 6.45) is 0.811. The molecule has 2 aromatic rings. The number of rotatable bonds is 2. The van der Waals surface area contributed by atoms with Crippen molar-refractivity contribution >= 4 is 26.8 Å². The van der Waals surface area contributed by atoms with Crippen LogP contribution in [0.1, 0.15) is 19.4 Å². The molecule has 0 bridgehead atoms. The molecule has 2 rings (SSSR count). The van der Waals surface area contributed by atoms with Crippen molar-refractivity contribution < 1.29 is 0 Å². The largest absolute Gasteiger partial charge is 0.325 e. The van der Waals surface area contributed by atoms with Crippen molar-refractivity contribution in [3.05, 3.63) is 40.5 Å². The van der Waals surface area contributed by atoms with Crippen LogP contribution >= 0.6 is 15.9 Å². The molecule has 0 amide bonds. The van der Waals surface area contributed by atoms with Crippen LogP contribution in [-0.2, 0) is 6.42 Å². The first-order valence-electron chi connectivity index (χ1n) is 5.29. The normalized spacial score (nSPS) is 12.0. The van der Waals surface area contributed by atoms with Gasteiger partial charge in [0.25, 0.3) is 0 Å². The molecular weight excluding hydrogens is 264 g/mol. The van der Waals surface area contributed by atoms with E-state index in [-0.39, 0.29) is 5.54 Å². The minimum absolute atomic E-state index is 0.216. The van der Waals surface area contributed by atoms with Crippen LogP contribution in [0.25, 0.3) is 10.9 Å². The van der Waals surface area contributed by atoms with Gasteiger partial charge in [-0.1, -0.05) is 18.2 Å². The first-order chi connectivity index (χ1) is 7.46. The zero-order chi connectivity index (χ0) is 11.8. The van der Waals surface area contributed by atoms with Gasteiger partial charge in [-0.3, -0.25) is 0 Å². The summed E-state index contributed by atoms with van der Waals surface area (Å²) < 4.78 is 0.893. The smallest absolute Gasteiger partial charge is 0.110 e. The molecule has 84 valence electrons. The number of pyridine rings is 1. The van der Waals surface area contributed by atoms with Crippen LogP contribution in [-0.4, -0.2) is 10.5 Å². The summed E-state index contributed by atoms with van der Waals surface area (Å²) in [6, 6.07) is 10.3. The Bertz CT molecular complexity index is 515. The number of para-hydroxylation sites is 1. The third kappa shape index (κ3) is 2.60. The predicted octanol–water partition coefficient (Wildman–Crippen LogP) is 3.28. The highest BCUT2D eigenvalue weighted by Gasteiger charge is 2.14. The van der Waals surface area contributed by atoms with Gasteiger partial charge >= 0.3 is 0 Å². The maximum absolute atomic E-state index is 6.03. The van der Waals surface area contributed by atoms with Crippen molar-refractivity contribution in [1.82, 2.24) is 4.98 Å². The van der Waals surface area contributed by atoms with Crippen LogP contribution < -0.4 is 5.73 Å². The SMILES string of the molecule is CC(C)(N)Cc1cc2ccccc2nc1Br. The average Bonchev–Trinajstić information content (AvgIpc) is 2.17. The number of aromatic nitrogens is 1. The number of halogens is 1. The van der Waals surface area contributed by atoms with Gasteiger partial charge < -0.3 is 5.73 Å². The molecule has 2 nitrogen and oxygen atoms in total. The second kappa shape index (κ2) is 4.15. The van der Waals surface area contributed by atoms with Gasteiger partial charge in [-0.15, -0.1) is 0 Å². The zero-order valence-electron chi connectivity index (χ0n) is 9.50.